The highest BCUT2D eigenvalue weighted by molar-refractivity contribution is 7.10. The van der Waals surface area contributed by atoms with Gasteiger partial charge in [0, 0.05) is 57.5 Å². The van der Waals surface area contributed by atoms with Crippen molar-refractivity contribution in [3.63, 3.8) is 0 Å². The molecule has 236 valence electrons. The Morgan fingerprint density at radius 1 is 0.578 bits per heavy atom. The van der Waals surface area contributed by atoms with Crippen LogP contribution in [0.2, 0.25) is 0 Å². The predicted molar refractivity (Wildman–Crippen MR) is 180 cm³/mol. The molecule has 0 atom stereocenters. The van der Waals surface area contributed by atoms with Gasteiger partial charge in [0.1, 0.15) is 11.5 Å². The smallest absolute Gasteiger partial charge is 0.413 e. The molecule has 45 heavy (non-hydrogen) atoms. The van der Waals surface area contributed by atoms with E-state index < -0.39 is 12.2 Å². The molecular formula is C32H33N3O6S4. The van der Waals surface area contributed by atoms with Crippen molar-refractivity contribution < 1.29 is 28.5 Å². The average Bonchev–Trinajstić information content (AvgIpc) is 3.86. The fourth-order valence-electron chi connectivity index (χ4n) is 4.19. The Balaban J connectivity index is 1.16. The molecule has 0 N–H and O–H groups in total. The van der Waals surface area contributed by atoms with Gasteiger partial charge in [-0.05, 0) is 45.8 Å². The summed E-state index contributed by atoms with van der Waals surface area (Å²) >= 11 is 6.36. The summed E-state index contributed by atoms with van der Waals surface area (Å²) < 4.78 is 22.7. The molecule has 4 heterocycles. The summed E-state index contributed by atoms with van der Waals surface area (Å²) in [4.78, 5) is 35.5. The standard InChI is InChI=1S/C32H33N3O6S4/c1-33(2)24-15-25(38-22-40-31(36)34(18-27-7-3-11-42-27)19-28-8-4-12-43-28)17-26(16-24)39-23-41-32(37)35(20-29-9-5-13-44-29)21-30-10-6-14-45-30/h3-17H,18-23H2,1-2H3. The Labute approximate surface area is 278 Å². The second-order valence-corrected chi connectivity index (χ2v) is 14.1. The van der Waals surface area contributed by atoms with Gasteiger partial charge in [0.2, 0.25) is 13.6 Å². The number of carbonyl (C=O) groups excluding carboxylic acids is 2. The molecule has 0 saturated carbocycles. The summed E-state index contributed by atoms with van der Waals surface area (Å²) in [7, 11) is 3.78. The predicted octanol–water partition coefficient (Wildman–Crippen LogP) is 8.35. The molecule has 0 saturated heterocycles. The average molecular weight is 684 g/mol. The van der Waals surface area contributed by atoms with E-state index in [2.05, 4.69) is 0 Å². The SMILES string of the molecule is CN(C)c1cc(OCOC(=O)N(Cc2cccs2)Cc2cccs2)cc(OCOC(=O)N(Cc2cccs2)Cc2cccs2)c1. The second kappa shape index (κ2) is 16.3. The van der Waals surface area contributed by atoms with Crippen LogP contribution in [0, 0.1) is 0 Å². The van der Waals surface area contributed by atoms with Crippen molar-refractivity contribution in [1.82, 2.24) is 9.80 Å². The zero-order valence-electron chi connectivity index (χ0n) is 24.8. The van der Waals surface area contributed by atoms with Crippen molar-refractivity contribution in [2.24, 2.45) is 0 Å². The summed E-state index contributed by atoms with van der Waals surface area (Å²) in [5, 5.41) is 7.94. The lowest BCUT2D eigenvalue weighted by atomic mass is 10.2. The molecule has 4 aromatic heterocycles. The summed E-state index contributed by atoms with van der Waals surface area (Å²) in [5.74, 6) is 0.880. The maximum atomic E-state index is 13.0. The number of hydrogen-bond acceptors (Lipinski definition) is 11. The van der Waals surface area contributed by atoms with Gasteiger partial charge < -0.3 is 23.8 Å². The topological polar surface area (TPSA) is 80.8 Å². The number of nitrogens with zero attached hydrogens (tertiary/aromatic N) is 3. The lowest BCUT2D eigenvalue weighted by Gasteiger charge is -2.22. The van der Waals surface area contributed by atoms with Crippen molar-refractivity contribution in [2.45, 2.75) is 26.2 Å². The molecule has 13 heteroatoms. The first-order chi connectivity index (χ1) is 21.9. The van der Waals surface area contributed by atoms with Gasteiger partial charge in [-0.25, -0.2) is 9.59 Å². The molecule has 5 rings (SSSR count). The summed E-state index contributed by atoms with van der Waals surface area (Å²) in [6, 6.07) is 21.1. The van der Waals surface area contributed by atoms with E-state index in [9.17, 15) is 9.59 Å². The van der Waals surface area contributed by atoms with E-state index in [1.807, 2.05) is 101 Å². The molecule has 0 unspecified atom stereocenters. The zero-order chi connectivity index (χ0) is 31.4. The first kappa shape index (κ1) is 32.4. The summed E-state index contributed by atoms with van der Waals surface area (Å²) in [6.45, 7) is 1.21. The Hall–Kier alpha value is -4.04. The molecule has 2 amide bonds. The molecule has 1 aromatic carbocycles. The van der Waals surface area contributed by atoms with E-state index in [0.717, 1.165) is 25.2 Å². The number of ether oxygens (including phenoxy) is 4. The number of benzene rings is 1. The Kier molecular flexibility index (Phi) is 11.7. The van der Waals surface area contributed by atoms with E-state index in [4.69, 9.17) is 18.9 Å². The van der Waals surface area contributed by atoms with Crippen LogP contribution in [-0.2, 0) is 35.7 Å². The van der Waals surface area contributed by atoms with Crippen LogP contribution in [0.15, 0.2) is 88.3 Å². The minimum absolute atomic E-state index is 0.282. The molecule has 0 aliphatic rings. The molecule has 0 aliphatic carbocycles. The minimum Gasteiger partial charge on any atom is -0.457 e. The third-order valence-corrected chi connectivity index (χ3v) is 9.87. The van der Waals surface area contributed by atoms with Gasteiger partial charge in [0.15, 0.2) is 0 Å². The number of carbonyl (C=O) groups is 2. The number of amides is 2. The Morgan fingerprint density at radius 2 is 0.933 bits per heavy atom. The normalized spacial score (nSPS) is 10.7. The van der Waals surface area contributed by atoms with Crippen molar-refractivity contribution in [2.75, 3.05) is 32.6 Å². The van der Waals surface area contributed by atoms with Crippen LogP contribution in [0.5, 0.6) is 11.5 Å². The minimum atomic E-state index is -0.474. The van der Waals surface area contributed by atoms with Crippen LogP contribution in [0.4, 0.5) is 15.3 Å². The van der Waals surface area contributed by atoms with Crippen molar-refractivity contribution in [1.29, 1.82) is 0 Å². The van der Waals surface area contributed by atoms with Gasteiger partial charge in [-0.3, -0.25) is 9.80 Å². The van der Waals surface area contributed by atoms with Crippen molar-refractivity contribution in [3.05, 3.63) is 108 Å². The molecule has 9 nitrogen and oxygen atoms in total. The van der Waals surface area contributed by atoms with E-state index in [1.165, 1.54) is 0 Å². The van der Waals surface area contributed by atoms with Gasteiger partial charge in [-0.2, -0.15) is 0 Å². The lowest BCUT2D eigenvalue weighted by molar-refractivity contribution is 0.0296. The monoisotopic (exact) mass is 683 g/mol. The molecule has 0 radical (unpaired) electrons. The van der Waals surface area contributed by atoms with Crippen LogP contribution in [0.1, 0.15) is 19.5 Å². The number of anilines is 1. The van der Waals surface area contributed by atoms with Crippen LogP contribution in [0.3, 0.4) is 0 Å². The lowest BCUT2D eigenvalue weighted by Crippen LogP contribution is -2.31. The van der Waals surface area contributed by atoms with Gasteiger partial charge >= 0.3 is 12.2 Å². The van der Waals surface area contributed by atoms with E-state index >= 15 is 0 Å². The maximum Gasteiger partial charge on any atom is 0.413 e. The van der Waals surface area contributed by atoms with E-state index in [0.29, 0.717) is 37.7 Å². The van der Waals surface area contributed by atoms with Crippen LogP contribution in [-0.4, -0.2) is 49.7 Å². The van der Waals surface area contributed by atoms with E-state index in [1.54, 1.807) is 61.2 Å². The molecule has 0 spiro atoms. The molecular weight excluding hydrogens is 651 g/mol. The van der Waals surface area contributed by atoms with E-state index in [-0.39, 0.29) is 13.6 Å². The third kappa shape index (κ3) is 9.98. The molecule has 0 aliphatic heterocycles. The fourth-order valence-corrected chi connectivity index (χ4v) is 7.07. The van der Waals surface area contributed by atoms with Crippen LogP contribution >= 0.6 is 45.3 Å². The fraction of sp³-hybridized carbons (Fsp3) is 0.250. The van der Waals surface area contributed by atoms with Crippen molar-refractivity contribution >= 4 is 63.2 Å². The van der Waals surface area contributed by atoms with Gasteiger partial charge in [0.25, 0.3) is 0 Å². The van der Waals surface area contributed by atoms with Crippen LogP contribution < -0.4 is 14.4 Å². The highest BCUT2D eigenvalue weighted by Crippen LogP contribution is 2.28. The quantitative estimate of drug-likeness (QED) is 0.103. The second-order valence-electron chi connectivity index (χ2n) is 9.93. The highest BCUT2D eigenvalue weighted by Gasteiger charge is 2.19. The maximum absolute atomic E-state index is 13.0. The number of hydrogen-bond donors (Lipinski definition) is 0. The summed E-state index contributed by atoms with van der Waals surface area (Å²) in [6.07, 6.45) is -0.947. The van der Waals surface area contributed by atoms with Gasteiger partial charge in [0.05, 0.1) is 26.2 Å². The molecule has 0 fully saturated rings. The largest absolute Gasteiger partial charge is 0.457 e. The van der Waals surface area contributed by atoms with Gasteiger partial charge in [-0.15, -0.1) is 45.3 Å². The zero-order valence-corrected chi connectivity index (χ0v) is 28.1. The Bertz CT molecular complexity index is 1400. The Morgan fingerprint density at radius 3 is 1.22 bits per heavy atom. The first-order valence-corrected chi connectivity index (χ1v) is 17.5. The molecule has 0 bridgehead atoms. The van der Waals surface area contributed by atoms with Crippen molar-refractivity contribution in [3.8, 4) is 11.5 Å². The number of thiophene rings is 4. The van der Waals surface area contributed by atoms with Crippen LogP contribution in [0.25, 0.3) is 0 Å². The first-order valence-electron chi connectivity index (χ1n) is 13.9. The number of rotatable bonds is 15. The molecule has 5 aromatic rings. The summed E-state index contributed by atoms with van der Waals surface area (Å²) in [5.41, 5.74) is 0.800. The third-order valence-electron chi connectivity index (χ3n) is 6.42. The van der Waals surface area contributed by atoms with Gasteiger partial charge in [-0.1, -0.05) is 24.3 Å². The highest BCUT2D eigenvalue weighted by atomic mass is 32.1.